The van der Waals surface area contributed by atoms with Crippen molar-refractivity contribution in [3.63, 3.8) is 0 Å². The largest absolute Gasteiger partial charge is 0.299 e. The third kappa shape index (κ3) is 2.73. The average molecular weight is 453 g/mol. The van der Waals surface area contributed by atoms with Gasteiger partial charge in [0, 0.05) is 17.3 Å². The predicted molar refractivity (Wildman–Crippen MR) is 135 cm³/mol. The predicted octanol–water partition coefficient (Wildman–Crippen LogP) is 7.80. The topological polar surface area (TPSA) is 34.1 Å². The molecule has 0 spiro atoms. The van der Waals surface area contributed by atoms with Gasteiger partial charge in [0.1, 0.15) is 11.6 Å². The van der Waals surface area contributed by atoms with Gasteiger partial charge in [-0.1, -0.05) is 46.8 Å². The first-order valence-corrected chi connectivity index (χ1v) is 14.0. The third-order valence-corrected chi connectivity index (χ3v) is 13.5. The molecule has 2 heteroatoms. The standard InChI is InChI=1S/C31H48O2/c1-19(2)21-11-16-31(20(3)32)18-17-29(7)22(26(21)31)9-10-24-28(6)14-13-25(33)27(4,5)23(28)12-15-30(24,29)8/h21-24,26H,1,9-18H2,2-8H3/t21-,22+,23-,24+,26+,28-,29+,30+,31+/m0/s1. The highest BCUT2D eigenvalue weighted by molar-refractivity contribution is 5.85. The van der Waals surface area contributed by atoms with Crippen LogP contribution in [0.2, 0.25) is 0 Å². The minimum absolute atomic E-state index is 0.0999. The van der Waals surface area contributed by atoms with Crippen molar-refractivity contribution in [1.82, 2.24) is 0 Å². The number of allylic oxidation sites excluding steroid dienone is 1. The minimum atomic E-state index is -0.182. The summed E-state index contributed by atoms with van der Waals surface area (Å²) in [5.74, 6) is 3.77. The summed E-state index contributed by atoms with van der Waals surface area (Å²) >= 11 is 0. The summed E-state index contributed by atoms with van der Waals surface area (Å²) in [6.45, 7) is 20.8. The van der Waals surface area contributed by atoms with E-state index in [1.165, 1.54) is 37.7 Å². The summed E-state index contributed by atoms with van der Waals surface area (Å²) in [4.78, 5) is 26.1. The first kappa shape index (κ1) is 23.8. The Balaban J connectivity index is 1.57. The van der Waals surface area contributed by atoms with Crippen molar-refractivity contribution in [1.29, 1.82) is 0 Å². The highest BCUT2D eigenvalue weighted by Crippen LogP contribution is 2.77. The second-order valence-corrected chi connectivity index (χ2v) is 14.5. The third-order valence-electron chi connectivity index (χ3n) is 13.5. The molecule has 2 nitrogen and oxygen atoms in total. The summed E-state index contributed by atoms with van der Waals surface area (Å²) in [7, 11) is 0. The normalized spacial score (nSPS) is 52.8. The van der Waals surface area contributed by atoms with Crippen LogP contribution in [0, 0.1) is 56.7 Å². The Morgan fingerprint density at radius 1 is 0.818 bits per heavy atom. The van der Waals surface area contributed by atoms with Gasteiger partial charge in [0.2, 0.25) is 0 Å². The SMILES string of the molecule is C=C(C)[C@@H]1CC[C@]2(C(C)=O)CC[C@]3(C)[C@H](CC[C@@H]4[C@@]5(C)CCC(=O)C(C)(C)[C@@H]5CC[C@]43C)[C@@H]12. The zero-order chi connectivity index (χ0) is 24.2. The molecule has 0 bridgehead atoms. The first-order chi connectivity index (χ1) is 15.3. The van der Waals surface area contributed by atoms with Crippen LogP contribution in [0.25, 0.3) is 0 Å². The Labute approximate surface area is 202 Å². The van der Waals surface area contributed by atoms with Gasteiger partial charge in [-0.15, -0.1) is 0 Å². The van der Waals surface area contributed by atoms with Gasteiger partial charge in [0.25, 0.3) is 0 Å². The number of rotatable bonds is 2. The van der Waals surface area contributed by atoms with Crippen molar-refractivity contribution in [2.24, 2.45) is 56.7 Å². The Morgan fingerprint density at radius 2 is 1.52 bits per heavy atom. The van der Waals surface area contributed by atoms with Crippen molar-refractivity contribution in [2.45, 2.75) is 113 Å². The van der Waals surface area contributed by atoms with E-state index in [-0.39, 0.29) is 21.7 Å². The van der Waals surface area contributed by atoms with E-state index in [0.29, 0.717) is 46.6 Å². The molecule has 0 N–H and O–H groups in total. The molecule has 33 heavy (non-hydrogen) atoms. The first-order valence-electron chi connectivity index (χ1n) is 14.0. The highest BCUT2D eigenvalue weighted by atomic mass is 16.1. The highest BCUT2D eigenvalue weighted by Gasteiger charge is 2.71. The monoisotopic (exact) mass is 452 g/mol. The fraction of sp³-hybridized carbons (Fsp3) is 0.871. The Morgan fingerprint density at radius 3 is 2.15 bits per heavy atom. The van der Waals surface area contributed by atoms with E-state index in [0.717, 1.165) is 32.1 Å². The van der Waals surface area contributed by atoms with E-state index in [9.17, 15) is 9.59 Å². The number of hydrogen-bond acceptors (Lipinski definition) is 2. The molecule has 5 aliphatic carbocycles. The number of ketones is 2. The zero-order valence-electron chi connectivity index (χ0n) is 22.5. The Kier molecular flexibility index (Phi) is 5.10. The van der Waals surface area contributed by atoms with E-state index in [1.807, 2.05) is 6.92 Å². The van der Waals surface area contributed by atoms with Crippen LogP contribution in [0.1, 0.15) is 113 Å². The fourth-order valence-electron chi connectivity index (χ4n) is 11.5. The lowest BCUT2D eigenvalue weighted by atomic mass is 9.32. The molecule has 0 heterocycles. The fourth-order valence-corrected chi connectivity index (χ4v) is 11.5. The summed E-state index contributed by atoms with van der Waals surface area (Å²) in [5, 5.41) is 0. The van der Waals surface area contributed by atoms with Gasteiger partial charge in [0.15, 0.2) is 0 Å². The van der Waals surface area contributed by atoms with Crippen LogP contribution in [0.4, 0.5) is 0 Å². The maximum atomic E-state index is 13.2. The molecule has 5 aliphatic rings. The number of carbonyl (C=O) groups excluding carboxylic acids is 2. The second-order valence-electron chi connectivity index (χ2n) is 14.5. The lowest BCUT2D eigenvalue weighted by Gasteiger charge is -2.72. The molecule has 0 aliphatic heterocycles. The van der Waals surface area contributed by atoms with Crippen LogP contribution in [0.5, 0.6) is 0 Å². The molecule has 9 atom stereocenters. The zero-order valence-corrected chi connectivity index (χ0v) is 22.5. The number of fused-ring (bicyclic) bond motifs is 7. The summed E-state index contributed by atoms with van der Waals surface area (Å²) in [6, 6.07) is 0. The molecule has 0 aromatic carbocycles. The van der Waals surface area contributed by atoms with Crippen molar-refractivity contribution in [2.75, 3.05) is 0 Å². The van der Waals surface area contributed by atoms with Gasteiger partial charge in [-0.25, -0.2) is 0 Å². The van der Waals surface area contributed by atoms with Crippen LogP contribution in [0.15, 0.2) is 12.2 Å². The van der Waals surface area contributed by atoms with Gasteiger partial charge in [-0.2, -0.15) is 0 Å². The average Bonchev–Trinajstić information content (AvgIpc) is 3.13. The van der Waals surface area contributed by atoms with Gasteiger partial charge in [0.05, 0.1) is 0 Å². The molecule has 184 valence electrons. The van der Waals surface area contributed by atoms with E-state index >= 15 is 0 Å². The molecule has 0 aromatic heterocycles. The van der Waals surface area contributed by atoms with Crippen molar-refractivity contribution >= 4 is 11.6 Å². The minimum Gasteiger partial charge on any atom is -0.299 e. The number of Topliss-reactive ketones (excluding diaryl/α,β-unsaturated/α-hetero) is 2. The molecule has 5 fully saturated rings. The van der Waals surface area contributed by atoms with E-state index < -0.39 is 0 Å². The summed E-state index contributed by atoms with van der Waals surface area (Å²) < 4.78 is 0. The lowest BCUT2D eigenvalue weighted by Crippen LogP contribution is -2.66. The second kappa shape index (κ2) is 7.07. The lowest BCUT2D eigenvalue weighted by molar-refractivity contribution is -0.232. The Bertz CT molecular complexity index is 899. The van der Waals surface area contributed by atoms with Crippen LogP contribution >= 0.6 is 0 Å². The van der Waals surface area contributed by atoms with Crippen LogP contribution < -0.4 is 0 Å². The van der Waals surface area contributed by atoms with E-state index in [1.54, 1.807) is 0 Å². The molecular weight excluding hydrogens is 404 g/mol. The van der Waals surface area contributed by atoms with Gasteiger partial charge < -0.3 is 0 Å². The van der Waals surface area contributed by atoms with Crippen molar-refractivity contribution < 1.29 is 9.59 Å². The summed E-state index contributed by atoms with van der Waals surface area (Å²) in [6.07, 6.45) is 11.3. The molecule has 0 unspecified atom stereocenters. The van der Waals surface area contributed by atoms with E-state index in [4.69, 9.17) is 0 Å². The van der Waals surface area contributed by atoms with E-state index in [2.05, 4.69) is 48.1 Å². The molecule has 0 radical (unpaired) electrons. The molecule has 5 rings (SSSR count). The maximum Gasteiger partial charge on any atom is 0.138 e. The van der Waals surface area contributed by atoms with Crippen molar-refractivity contribution in [3.8, 4) is 0 Å². The van der Waals surface area contributed by atoms with Crippen LogP contribution in [-0.2, 0) is 9.59 Å². The van der Waals surface area contributed by atoms with Crippen LogP contribution in [0.3, 0.4) is 0 Å². The molecule has 5 saturated carbocycles. The van der Waals surface area contributed by atoms with Gasteiger partial charge >= 0.3 is 0 Å². The smallest absolute Gasteiger partial charge is 0.138 e. The van der Waals surface area contributed by atoms with Gasteiger partial charge in [-0.05, 0) is 117 Å². The maximum absolute atomic E-state index is 13.2. The van der Waals surface area contributed by atoms with Crippen LogP contribution in [-0.4, -0.2) is 11.6 Å². The summed E-state index contributed by atoms with van der Waals surface area (Å²) in [5.41, 5.74) is 1.86. The Hall–Kier alpha value is -0.920. The molecule has 0 aromatic rings. The van der Waals surface area contributed by atoms with Gasteiger partial charge in [-0.3, -0.25) is 9.59 Å². The van der Waals surface area contributed by atoms with Crippen molar-refractivity contribution in [3.05, 3.63) is 12.2 Å². The number of carbonyl (C=O) groups is 2. The molecule has 0 saturated heterocycles. The number of hydrogen-bond donors (Lipinski definition) is 0. The quantitative estimate of drug-likeness (QED) is 0.400. The molecule has 0 amide bonds. The molecular formula is C31H48O2.